The van der Waals surface area contributed by atoms with E-state index < -0.39 is 0 Å². The molecule has 4 rings (SSSR count). The molecule has 0 spiro atoms. The number of fused-ring (bicyclic) bond motifs is 2. The number of aromatic nitrogens is 1. The molecule has 4 nitrogen and oxygen atoms in total. The summed E-state index contributed by atoms with van der Waals surface area (Å²) in [7, 11) is 2.11. The van der Waals surface area contributed by atoms with Gasteiger partial charge in [0.2, 0.25) is 11.4 Å². The lowest BCUT2D eigenvalue weighted by Crippen LogP contribution is -2.29. The summed E-state index contributed by atoms with van der Waals surface area (Å²) >= 11 is 3.50. The lowest BCUT2D eigenvalue weighted by molar-refractivity contribution is -0.629. The fraction of sp³-hybridized carbons (Fsp3) is 0.294. The van der Waals surface area contributed by atoms with E-state index in [4.69, 9.17) is 0 Å². The van der Waals surface area contributed by atoms with E-state index in [0.29, 0.717) is 0 Å². The van der Waals surface area contributed by atoms with E-state index in [0.717, 1.165) is 24.5 Å². The SMILES string of the molecule is CC(=O)Nc1sc2c(c1-c1sc3ccccc3[n+]1C)CCNC2. The number of hydrogen-bond acceptors (Lipinski definition) is 4. The first kappa shape index (κ1) is 14.8. The Morgan fingerprint density at radius 1 is 1.30 bits per heavy atom. The lowest BCUT2D eigenvalue weighted by atomic mass is 10.0. The molecular weight excluding hydrogens is 326 g/mol. The van der Waals surface area contributed by atoms with Gasteiger partial charge in [-0.3, -0.25) is 4.79 Å². The topological polar surface area (TPSA) is 45.0 Å². The van der Waals surface area contributed by atoms with E-state index in [-0.39, 0.29) is 5.91 Å². The van der Waals surface area contributed by atoms with Crippen LogP contribution in [-0.2, 0) is 24.8 Å². The molecule has 3 heterocycles. The fourth-order valence-corrected chi connectivity index (χ4v) is 5.69. The van der Waals surface area contributed by atoms with E-state index in [1.165, 1.54) is 31.2 Å². The summed E-state index contributed by atoms with van der Waals surface area (Å²) < 4.78 is 3.52. The van der Waals surface area contributed by atoms with Gasteiger partial charge in [-0.05, 0) is 24.6 Å². The van der Waals surface area contributed by atoms with Gasteiger partial charge in [0.05, 0.1) is 5.56 Å². The van der Waals surface area contributed by atoms with Crippen molar-refractivity contribution in [3.8, 4) is 10.6 Å². The molecule has 0 unspecified atom stereocenters. The van der Waals surface area contributed by atoms with Crippen molar-refractivity contribution in [2.45, 2.75) is 19.9 Å². The van der Waals surface area contributed by atoms with E-state index >= 15 is 0 Å². The van der Waals surface area contributed by atoms with Crippen LogP contribution in [0.5, 0.6) is 0 Å². The minimum Gasteiger partial charge on any atom is -0.317 e. The Morgan fingerprint density at radius 2 is 2.13 bits per heavy atom. The number of amides is 1. The lowest BCUT2D eigenvalue weighted by Gasteiger charge is -2.12. The average Bonchev–Trinajstić information content (AvgIpc) is 3.04. The summed E-state index contributed by atoms with van der Waals surface area (Å²) in [4.78, 5) is 13.0. The van der Waals surface area contributed by atoms with Crippen LogP contribution in [0.1, 0.15) is 17.4 Å². The molecule has 0 radical (unpaired) electrons. The van der Waals surface area contributed by atoms with E-state index in [2.05, 4.69) is 46.5 Å². The summed E-state index contributed by atoms with van der Waals surface area (Å²) in [6, 6.07) is 8.45. The highest BCUT2D eigenvalue weighted by atomic mass is 32.1. The van der Waals surface area contributed by atoms with Crippen molar-refractivity contribution in [3.63, 3.8) is 0 Å². The monoisotopic (exact) mass is 344 g/mol. The van der Waals surface area contributed by atoms with Gasteiger partial charge in [-0.1, -0.05) is 23.5 Å². The molecule has 1 aliphatic heterocycles. The summed E-state index contributed by atoms with van der Waals surface area (Å²) in [5.74, 6) is -0.0124. The predicted molar refractivity (Wildman–Crippen MR) is 96.0 cm³/mol. The first-order valence-electron chi connectivity index (χ1n) is 7.66. The third kappa shape index (κ3) is 2.47. The van der Waals surface area contributed by atoms with Gasteiger partial charge >= 0.3 is 0 Å². The van der Waals surface area contributed by atoms with Crippen LogP contribution in [0.3, 0.4) is 0 Å². The van der Waals surface area contributed by atoms with Crippen LogP contribution >= 0.6 is 22.7 Å². The predicted octanol–water partition coefficient (Wildman–Crippen LogP) is 3.06. The third-order valence-corrected chi connectivity index (χ3v) is 6.55. The van der Waals surface area contributed by atoms with Crippen LogP contribution < -0.4 is 15.2 Å². The van der Waals surface area contributed by atoms with Crippen LogP contribution in [0.25, 0.3) is 20.8 Å². The number of para-hydroxylation sites is 1. The summed E-state index contributed by atoms with van der Waals surface area (Å²) in [5.41, 5.74) is 3.83. The van der Waals surface area contributed by atoms with Crippen LogP contribution in [0.4, 0.5) is 5.00 Å². The van der Waals surface area contributed by atoms with Crippen molar-refractivity contribution < 1.29 is 9.36 Å². The number of carbonyl (C=O) groups excluding carboxylic acids is 1. The zero-order valence-electron chi connectivity index (χ0n) is 13.1. The number of nitrogens with one attached hydrogen (secondary N) is 2. The van der Waals surface area contributed by atoms with Crippen molar-refractivity contribution in [1.82, 2.24) is 5.32 Å². The largest absolute Gasteiger partial charge is 0.317 e. The normalized spacial score (nSPS) is 14.0. The second kappa shape index (κ2) is 5.70. The molecule has 6 heteroatoms. The number of thiazole rings is 1. The van der Waals surface area contributed by atoms with Gasteiger partial charge in [0, 0.05) is 24.4 Å². The minimum absolute atomic E-state index is 0.0124. The van der Waals surface area contributed by atoms with Gasteiger partial charge in [0.25, 0.3) is 5.01 Å². The molecule has 1 amide bonds. The third-order valence-electron chi connectivity index (χ3n) is 4.17. The quantitative estimate of drug-likeness (QED) is 0.702. The van der Waals surface area contributed by atoms with Gasteiger partial charge < -0.3 is 10.6 Å². The van der Waals surface area contributed by atoms with Crippen molar-refractivity contribution in [1.29, 1.82) is 0 Å². The summed E-state index contributed by atoms with van der Waals surface area (Å²) in [5, 5.41) is 8.66. The number of carbonyl (C=O) groups is 1. The molecule has 0 aliphatic carbocycles. The van der Waals surface area contributed by atoms with Crippen LogP contribution in [-0.4, -0.2) is 12.5 Å². The number of anilines is 1. The maximum atomic E-state index is 11.6. The standard InChI is InChI=1S/C17H17N3OS2/c1-10(21)19-16-15(11-7-8-18-9-14(11)22-16)17-20(2)12-5-3-4-6-13(12)23-17/h3-6,18H,7-9H2,1-2H3/p+1. The van der Waals surface area contributed by atoms with Crippen molar-refractivity contribution in [2.75, 3.05) is 11.9 Å². The number of thiophene rings is 1. The van der Waals surface area contributed by atoms with Crippen LogP contribution in [0, 0.1) is 0 Å². The fourth-order valence-electron chi connectivity index (χ4n) is 3.13. The first-order valence-corrected chi connectivity index (χ1v) is 9.29. The van der Waals surface area contributed by atoms with Gasteiger partial charge in [-0.15, -0.1) is 11.3 Å². The number of hydrogen-bond donors (Lipinski definition) is 2. The Labute approximate surface area is 142 Å². The Kier molecular flexibility index (Phi) is 3.67. The smallest absolute Gasteiger partial charge is 0.273 e. The second-order valence-electron chi connectivity index (χ2n) is 5.75. The molecule has 2 N–H and O–H groups in total. The molecule has 0 atom stereocenters. The number of benzene rings is 1. The number of rotatable bonds is 2. The van der Waals surface area contributed by atoms with Gasteiger partial charge in [-0.25, -0.2) is 0 Å². The molecule has 0 saturated heterocycles. The molecule has 23 heavy (non-hydrogen) atoms. The molecule has 0 saturated carbocycles. The Balaban J connectivity index is 1.97. The highest BCUT2D eigenvalue weighted by Crippen LogP contribution is 2.43. The van der Waals surface area contributed by atoms with E-state index in [1.807, 2.05) is 0 Å². The van der Waals surface area contributed by atoms with Gasteiger partial charge in [0.1, 0.15) is 16.7 Å². The number of nitrogens with zero attached hydrogens (tertiary/aromatic N) is 1. The van der Waals surface area contributed by atoms with Crippen LogP contribution in [0.2, 0.25) is 0 Å². The van der Waals surface area contributed by atoms with Gasteiger partial charge in [0.15, 0.2) is 0 Å². The minimum atomic E-state index is -0.0124. The maximum Gasteiger partial charge on any atom is 0.273 e. The van der Waals surface area contributed by atoms with E-state index in [9.17, 15) is 4.79 Å². The van der Waals surface area contributed by atoms with Crippen LogP contribution in [0.15, 0.2) is 24.3 Å². The van der Waals surface area contributed by atoms with Crippen molar-refractivity contribution >= 4 is 43.8 Å². The molecule has 0 bridgehead atoms. The molecule has 118 valence electrons. The highest BCUT2D eigenvalue weighted by molar-refractivity contribution is 7.22. The number of aryl methyl sites for hydroxylation is 1. The van der Waals surface area contributed by atoms with Crippen molar-refractivity contribution in [3.05, 3.63) is 34.7 Å². The summed E-state index contributed by atoms with van der Waals surface area (Å²) in [6.45, 7) is 3.46. The zero-order valence-corrected chi connectivity index (χ0v) is 14.7. The molecule has 1 aromatic carbocycles. The first-order chi connectivity index (χ1) is 11.1. The molecule has 2 aromatic heterocycles. The zero-order chi connectivity index (χ0) is 16.0. The molecule has 0 fully saturated rings. The maximum absolute atomic E-state index is 11.6. The Morgan fingerprint density at radius 3 is 2.91 bits per heavy atom. The second-order valence-corrected chi connectivity index (χ2v) is 7.89. The molecular formula is C17H18N3OS2+. The van der Waals surface area contributed by atoms with Gasteiger partial charge in [-0.2, -0.15) is 4.57 Å². The Hall–Kier alpha value is -1.76. The Bertz CT molecular complexity index is 910. The average molecular weight is 344 g/mol. The highest BCUT2D eigenvalue weighted by Gasteiger charge is 2.29. The van der Waals surface area contributed by atoms with Crippen molar-refractivity contribution in [2.24, 2.45) is 7.05 Å². The summed E-state index contributed by atoms with van der Waals surface area (Å²) in [6.07, 6.45) is 1.01. The van der Waals surface area contributed by atoms with E-state index in [1.54, 1.807) is 29.6 Å². The molecule has 1 aliphatic rings. The molecule has 3 aromatic rings.